The van der Waals surface area contributed by atoms with Crippen LogP contribution in [0.5, 0.6) is 0 Å². The summed E-state index contributed by atoms with van der Waals surface area (Å²) in [7, 11) is 1.93. The van der Waals surface area contributed by atoms with Gasteiger partial charge in [-0.3, -0.25) is 9.89 Å². The Morgan fingerprint density at radius 1 is 1.23 bits per heavy atom. The molecule has 1 heterocycles. The molecule has 3 rings (SSSR count). The van der Waals surface area contributed by atoms with Crippen molar-refractivity contribution in [2.45, 2.75) is 55.5 Å². The number of H-pyrrole nitrogens is 1. The molecule has 138 valence electrons. The fourth-order valence-electron chi connectivity index (χ4n) is 3.27. The van der Waals surface area contributed by atoms with Crippen LogP contribution in [0.4, 0.5) is 0 Å². The second kappa shape index (κ2) is 9.03. The largest absolute Gasteiger partial charge is 0.342 e. The molecule has 1 fully saturated rings. The third-order valence-corrected chi connectivity index (χ3v) is 5.76. The van der Waals surface area contributed by atoms with Gasteiger partial charge in [-0.1, -0.05) is 67.4 Å². The van der Waals surface area contributed by atoms with E-state index < -0.39 is 0 Å². The van der Waals surface area contributed by atoms with Gasteiger partial charge in [0, 0.05) is 13.1 Å². The topological polar surface area (TPSA) is 61.9 Å². The summed E-state index contributed by atoms with van der Waals surface area (Å²) in [5, 5.41) is 7.56. The Hall–Kier alpha value is -2.08. The molecule has 1 unspecified atom stereocenters. The second-order valence-corrected chi connectivity index (χ2v) is 8.06. The van der Waals surface area contributed by atoms with Crippen molar-refractivity contribution in [3.05, 3.63) is 41.7 Å². The first kappa shape index (κ1) is 18.7. The van der Waals surface area contributed by atoms with E-state index in [-0.39, 0.29) is 11.2 Å². The zero-order chi connectivity index (χ0) is 18.4. The van der Waals surface area contributed by atoms with Crippen LogP contribution in [-0.2, 0) is 4.79 Å². The van der Waals surface area contributed by atoms with Crippen LogP contribution in [0, 0.1) is 0 Å². The maximum atomic E-state index is 12.7. The average molecular weight is 371 g/mol. The van der Waals surface area contributed by atoms with E-state index >= 15 is 0 Å². The highest BCUT2D eigenvalue weighted by Gasteiger charge is 2.26. The fraction of sp³-hybridized carbons (Fsp3) is 0.450. The van der Waals surface area contributed by atoms with E-state index in [1.165, 1.54) is 31.0 Å². The summed E-state index contributed by atoms with van der Waals surface area (Å²) in [4.78, 5) is 19.1. The van der Waals surface area contributed by atoms with Crippen molar-refractivity contribution in [2.24, 2.45) is 0 Å². The molecular weight excluding hydrogens is 344 g/mol. The minimum Gasteiger partial charge on any atom is -0.342 e. The lowest BCUT2D eigenvalue weighted by molar-refractivity contribution is -0.131. The molecule has 1 atom stereocenters. The third-order valence-electron chi connectivity index (χ3n) is 4.82. The summed E-state index contributed by atoms with van der Waals surface area (Å²) >= 11 is 1.41. The van der Waals surface area contributed by atoms with Crippen LogP contribution < -0.4 is 0 Å². The van der Waals surface area contributed by atoms with Gasteiger partial charge in [0.05, 0.1) is 5.25 Å². The number of hydrogen-bond donors (Lipinski definition) is 1. The Morgan fingerprint density at radius 2 is 1.96 bits per heavy atom. The summed E-state index contributed by atoms with van der Waals surface area (Å²) < 4.78 is 0. The zero-order valence-corrected chi connectivity index (χ0v) is 16.2. The molecule has 1 amide bonds. The first-order chi connectivity index (χ1) is 12.6. The smallest absolute Gasteiger partial charge is 0.235 e. The van der Waals surface area contributed by atoms with Gasteiger partial charge in [0.15, 0.2) is 0 Å². The summed E-state index contributed by atoms with van der Waals surface area (Å²) in [5.41, 5.74) is 1.11. The van der Waals surface area contributed by atoms with Crippen molar-refractivity contribution in [3.8, 4) is 0 Å². The number of rotatable bonds is 6. The summed E-state index contributed by atoms with van der Waals surface area (Å²) in [6, 6.07) is 10.4. The third kappa shape index (κ3) is 4.97. The van der Waals surface area contributed by atoms with Crippen LogP contribution in [0.25, 0.3) is 12.2 Å². The predicted molar refractivity (Wildman–Crippen MR) is 107 cm³/mol. The van der Waals surface area contributed by atoms with E-state index in [0.717, 1.165) is 18.4 Å². The monoisotopic (exact) mass is 370 g/mol. The van der Waals surface area contributed by atoms with Gasteiger partial charge in [-0.15, -0.1) is 5.10 Å². The molecule has 1 aromatic carbocycles. The Morgan fingerprint density at radius 3 is 2.69 bits per heavy atom. The van der Waals surface area contributed by atoms with Gasteiger partial charge in [-0.25, -0.2) is 4.98 Å². The number of aromatic nitrogens is 3. The fourth-order valence-corrected chi connectivity index (χ4v) is 4.10. The number of aromatic amines is 1. The number of carbonyl (C=O) groups excluding carboxylic acids is 1. The van der Waals surface area contributed by atoms with E-state index in [9.17, 15) is 4.79 Å². The number of nitrogens with zero attached hydrogens (tertiary/aromatic N) is 3. The molecule has 6 heteroatoms. The van der Waals surface area contributed by atoms with Crippen molar-refractivity contribution in [3.63, 3.8) is 0 Å². The van der Waals surface area contributed by atoms with Crippen LogP contribution in [0.15, 0.2) is 35.5 Å². The maximum Gasteiger partial charge on any atom is 0.235 e. The molecule has 0 aliphatic heterocycles. The standard InChI is InChI=1S/C20H26N4OS/c1-15(19(25)24(2)17-11-7-4-8-12-17)26-20-21-18(22-23-20)14-13-16-9-5-3-6-10-16/h3,5-6,9-10,13-15,17H,4,7-8,11-12H2,1-2H3,(H,21,22,23)/b14-13+. The number of benzene rings is 1. The van der Waals surface area contributed by atoms with Crippen LogP contribution in [0.1, 0.15) is 50.4 Å². The first-order valence-corrected chi connectivity index (χ1v) is 10.1. The van der Waals surface area contributed by atoms with Crippen LogP contribution in [0.3, 0.4) is 0 Å². The van der Waals surface area contributed by atoms with E-state index in [0.29, 0.717) is 17.0 Å². The minimum absolute atomic E-state index is 0.160. The number of thioether (sulfide) groups is 1. The molecule has 5 nitrogen and oxygen atoms in total. The number of nitrogens with one attached hydrogen (secondary N) is 1. The van der Waals surface area contributed by atoms with Crippen LogP contribution >= 0.6 is 11.8 Å². The van der Waals surface area contributed by atoms with Crippen molar-refractivity contribution < 1.29 is 4.79 Å². The summed E-state index contributed by atoms with van der Waals surface area (Å²) in [5.74, 6) is 0.852. The van der Waals surface area contributed by atoms with Crippen molar-refractivity contribution in [2.75, 3.05) is 7.05 Å². The second-order valence-electron chi connectivity index (χ2n) is 6.75. The lowest BCUT2D eigenvalue weighted by atomic mass is 9.94. The van der Waals surface area contributed by atoms with Crippen molar-refractivity contribution >= 4 is 29.8 Å². The molecule has 26 heavy (non-hydrogen) atoms. The SMILES string of the molecule is CC(Sc1n[nH]c(/C=C/c2ccccc2)n1)C(=O)N(C)C1CCCCC1. The van der Waals surface area contributed by atoms with Gasteiger partial charge >= 0.3 is 0 Å². The molecule has 0 bridgehead atoms. The molecule has 0 spiro atoms. The van der Waals surface area contributed by atoms with Gasteiger partial charge in [0.25, 0.3) is 0 Å². The normalized spacial score (nSPS) is 16.7. The van der Waals surface area contributed by atoms with Crippen molar-refractivity contribution in [1.82, 2.24) is 20.1 Å². The van der Waals surface area contributed by atoms with Gasteiger partial charge in [-0.2, -0.15) is 0 Å². The maximum absolute atomic E-state index is 12.7. The van der Waals surface area contributed by atoms with E-state index in [2.05, 4.69) is 15.2 Å². The average Bonchev–Trinajstić information content (AvgIpc) is 3.14. The molecular formula is C20H26N4OS. The predicted octanol–water partition coefficient (Wildman–Crippen LogP) is 4.25. The van der Waals surface area contributed by atoms with Gasteiger partial charge in [0.2, 0.25) is 11.1 Å². The zero-order valence-electron chi connectivity index (χ0n) is 15.4. The lowest BCUT2D eigenvalue weighted by Crippen LogP contribution is -2.42. The van der Waals surface area contributed by atoms with Crippen molar-refractivity contribution in [1.29, 1.82) is 0 Å². The molecule has 2 aromatic rings. The van der Waals surface area contributed by atoms with E-state index in [4.69, 9.17) is 0 Å². The molecule has 1 saturated carbocycles. The van der Waals surface area contributed by atoms with E-state index in [1.807, 2.05) is 61.4 Å². The quantitative estimate of drug-likeness (QED) is 0.772. The minimum atomic E-state index is -0.191. The van der Waals surface area contributed by atoms with Gasteiger partial charge in [-0.05, 0) is 31.4 Å². The highest BCUT2D eigenvalue weighted by atomic mass is 32.2. The highest BCUT2D eigenvalue weighted by Crippen LogP contribution is 2.26. The summed E-state index contributed by atoms with van der Waals surface area (Å²) in [6.07, 6.45) is 9.86. The molecule has 1 N–H and O–H groups in total. The van der Waals surface area contributed by atoms with Gasteiger partial charge in [0.1, 0.15) is 5.82 Å². The molecule has 1 aliphatic rings. The molecule has 0 saturated heterocycles. The first-order valence-electron chi connectivity index (χ1n) is 9.22. The Labute approximate surface area is 159 Å². The lowest BCUT2D eigenvalue weighted by Gasteiger charge is -2.32. The van der Waals surface area contributed by atoms with E-state index in [1.54, 1.807) is 0 Å². The molecule has 0 radical (unpaired) electrons. The number of hydrogen-bond acceptors (Lipinski definition) is 4. The Bertz CT molecular complexity index is 737. The van der Waals surface area contributed by atoms with Crippen LogP contribution in [-0.4, -0.2) is 44.3 Å². The van der Waals surface area contributed by atoms with Gasteiger partial charge < -0.3 is 4.90 Å². The van der Waals surface area contributed by atoms with Crippen LogP contribution in [0.2, 0.25) is 0 Å². The highest BCUT2D eigenvalue weighted by molar-refractivity contribution is 8.00. The molecule has 1 aromatic heterocycles. The Balaban J connectivity index is 1.56. The number of amides is 1. The summed E-state index contributed by atoms with van der Waals surface area (Å²) in [6.45, 7) is 1.93. The Kier molecular flexibility index (Phi) is 6.50. The number of carbonyl (C=O) groups is 1. The molecule has 1 aliphatic carbocycles.